The number of hydrogen-bond donors (Lipinski definition) is 1. The molecule has 6 nitrogen and oxygen atoms in total. The van der Waals surface area contributed by atoms with E-state index >= 15 is 0 Å². The Balaban J connectivity index is 1.39. The average molecular weight is 521 g/mol. The van der Waals surface area contributed by atoms with Crippen LogP contribution in [0.2, 0.25) is 5.02 Å². The van der Waals surface area contributed by atoms with Crippen molar-refractivity contribution in [3.63, 3.8) is 0 Å². The topological polar surface area (TPSA) is 83.6 Å². The van der Waals surface area contributed by atoms with Gasteiger partial charge in [-0.3, -0.25) is 9.59 Å². The van der Waals surface area contributed by atoms with Crippen molar-refractivity contribution in [3.8, 4) is 0 Å². The van der Waals surface area contributed by atoms with Crippen LogP contribution in [0.15, 0.2) is 29.2 Å². The highest BCUT2D eigenvalue weighted by molar-refractivity contribution is 7.89. The van der Waals surface area contributed by atoms with Crippen LogP contribution < -0.4 is 4.72 Å². The monoisotopic (exact) mass is 520 g/mol. The quantitative estimate of drug-likeness (QED) is 0.499. The lowest BCUT2D eigenvalue weighted by Crippen LogP contribution is -2.62. The summed E-state index contributed by atoms with van der Waals surface area (Å²) in [6.45, 7) is 5.50. The Labute approximate surface area is 214 Å². The Kier molecular flexibility index (Phi) is 6.37. The first kappa shape index (κ1) is 25.2. The fourth-order valence-electron chi connectivity index (χ4n) is 8.21. The summed E-state index contributed by atoms with van der Waals surface area (Å²) >= 11 is 6.18. The molecule has 5 saturated carbocycles. The molecule has 35 heavy (non-hydrogen) atoms. The van der Waals surface area contributed by atoms with Gasteiger partial charge in [0.1, 0.15) is 4.90 Å². The number of nitrogens with zero attached hydrogens (tertiary/aromatic N) is 1. The molecule has 4 bridgehead atoms. The first-order chi connectivity index (χ1) is 16.6. The zero-order valence-electron chi connectivity index (χ0n) is 20.8. The van der Waals surface area contributed by atoms with Gasteiger partial charge < -0.3 is 4.90 Å². The smallest absolute Gasteiger partial charge is 0.242 e. The van der Waals surface area contributed by atoms with Crippen molar-refractivity contribution in [2.24, 2.45) is 22.7 Å². The fraction of sp³-hybridized carbons (Fsp3) is 0.704. The zero-order chi connectivity index (χ0) is 25.1. The summed E-state index contributed by atoms with van der Waals surface area (Å²) < 4.78 is 29.2. The Morgan fingerprint density at radius 2 is 1.69 bits per heavy atom. The summed E-state index contributed by atoms with van der Waals surface area (Å²) in [6, 6.07) is 6.35. The minimum Gasteiger partial charge on any atom is -0.343 e. The molecule has 0 heterocycles. The van der Waals surface area contributed by atoms with Crippen LogP contribution in [0.4, 0.5) is 0 Å². The average Bonchev–Trinajstić information content (AvgIpc) is 2.76. The predicted octanol–water partition coefficient (Wildman–Crippen LogP) is 4.96. The molecule has 5 aliphatic rings. The second-order valence-electron chi connectivity index (χ2n) is 11.8. The number of amides is 1. The molecule has 0 aliphatic heterocycles. The summed E-state index contributed by atoms with van der Waals surface area (Å²) in [6.07, 6.45) is 7.99. The van der Waals surface area contributed by atoms with E-state index in [1.807, 2.05) is 18.7 Å². The van der Waals surface area contributed by atoms with Crippen molar-refractivity contribution in [2.45, 2.75) is 88.5 Å². The Morgan fingerprint density at radius 3 is 2.23 bits per heavy atom. The number of ketones is 1. The van der Waals surface area contributed by atoms with E-state index in [-0.39, 0.29) is 32.4 Å². The van der Waals surface area contributed by atoms with Crippen LogP contribution in [0, 0.1) is 22.7 Å². The lowest BCUT2D eigenvalue weighted by atomic mass is 9.42. The molecule has 1 aromatic rings. The van der Waals surface area contributed by atoms with Crippen LogP contribution in [0.25, 0.3) is 0 Å². The molecular weight excluding hydrogens is 484 g/mol. The summed E-state index contributed by atoms with van der Waals surface area (Å²) in [4.78, 5) is 29.5. The van der Waals surface area contributed by atoms with Crippen molar-refractivity contribution in [3.05, 3.63) is 29.3 Å². The second-order valence-corrected chi connectivity index (χ2v) is 13.8. The predicted molar refractivity (Wildman–Crippen MR) is 135 cm³/mol. The van der Waals surface area contributed by atoms with Gasteiger partial charge in [0.2, 0.25) is 15.9 Å². The van der Waals surface area contributed by atoms with Crippen LogP contribution >= 0.6 is 11.6 Å². The molecule has 0 radical (unpaired) electrons. The minimum atomic E-state index is -3.93. The number of hydrogen-bond acceptors (Lipinski definition) is 4. The van der Waals surface area contributed by atoms with Crippen molar-refractivity contribution >= 4 is 33.3 Å². The largest absolute Gasteiger partial charge is 0.343 e. The second kappa shape index (κ2) is 8.84. The highest BCUT2D eigenvalue weighted by Crippen LogP contribution is 2.67. The van der Waals surface area contributed by atoms with Crippen LogP contribution in [0.3, 0.4) is 0 Å². The summed E-state index contributed by atoms with van der Waals surface area (Å²) in [5.41, 5.74) is -1.60. The first-order valence-corrected chi connectivity index (χ1v) is 15.0. The van der Waals surface area contributed by atoms with Gasteiger partial charge in [-0.2, -0.15) is 4.72 Å². The molecule has 2 unspecified atom stereocenters. The van der Waals surface area contributed by atoms with Gasteiger partial charge in [0.15, 0.2) is 5.78 Å². The highest BCUT2D eigenvalue weighted by Gasteiger charge is 2.62. The number of halogens is 1. The molecule has 0 aromatic heterocycles. The number of nitrogens with one attached hydrogen (secondary N) is 1. The fourth-order valence-corrected chi connectivity index (χ4v) is 10.2. The van der Waals surface area contributed by atoms with Gasteiger partial charge in [-0.05, 0) is 101 Å². The van der Waals surface area contributed by atoms with E-state index < -0.39 is 15.6 Å². The third-order valence-corrected chi connectivity index (χ3v) is 11.5. The summed E-state index contributed by atoms with van der Waals surface area (Å²) in [5.74, 6) is 1.24. The number of carbonyl (C=O) groups is 2. The van der Waals surface area contributed by atoms with Crippen molar-refractivity contribution < 1.29 is 18.0 Å². The lowest BCUT2D eigenvalue weighted by Gasteiger charge is -2.62. The van der Waals surface area contributed by atoms with Gasteiger partial charge >= 0.3 is 0 Å². The van der Waals surface area contributed by atoms with Crippen molar-refractivity contribution in [2.75, 3.05) is 13.1 Å². The van der Waals surface area contributed by atoms with Gasteiger partial charge in [0.25, 0.3) is 0 Å². The van der Waals surface area contributed by atoms with E-state index in [9.17, 15) is 18.0 Å². The molecule has 5 fully saturated rings. The van der Waals surface area contributed by atoms with Crippen LogP contribution in [-0.4, -0.2) is 43.6 Å². The molecule has 1 amide bonds. The van der Waals surface area contributed by atoms with E-state index in [0.717, 1.165) is 44.9 Å². The lowest BCUT2D eigenvalue weighted by molar-refractivity contribution is -0.171. The Morgan fingerprint density at radius 1 is 1.06 bits per heavy atom. The maximum atomic E-state index is 13.9. The molecule has 5 aliphatic carbocycles. The van der Waals surface area contributed by atoms with Gasteiger partial charge in [0.05, 0.1) is 16.0 Å². The van der Waals surface area contributed by atoms with E-state index in [4.69, 9.17) is 11.6 Å². The van der Waals surface area contributed by atoms with E-state index in [2.05, 4.69) is 4.72 Å². The zero-order valence-corrected chi connectivity index (χ0v) is 22.4. The van der Waals surface area contributed by atoms with Crippen molar-refractivity contribution in [1.29, 1.82) is 0 Å². The molecule has 0 spiro atoms. The summed E-state index contributed by atoms with van der Waals surface area (Å²) in [7, 11) is -3.93. The molecule has 1 aromatic carbocycles. The molecular formula is C27H37ClN2O4S. The number of Topliss-reactive ketones (excluding diaryl/α,β-unsaturated/α-hetero) is 1. The number of benzene rings is 1. The molecule has 2 atom stereocenters. The van der Waals surface area contributed by atoms with E-state index in [0.29, 0.717) is 44.2 Å². The SMILES string of the molecule is CCN(CC)C(=O)C12CC3CC(CC(CC(=O)C4(NS(=O)(=O)c5ccccc5Cl)CCC4)(C3)C1)C2. The molecule has 8 heteroatoms. The maximum absolute atomic E-state index is 13.9. The maximum Gasteiger partial charge on any atom is 0.242 e. The Hall–Kier alpha value is -1.44. The van der Waals surface area contributed by atoms with Gasteiger partial charge in [-0.15, -0.1) is 0 Å². The van der Waals surface area contributed by atoms with Crippen LogP contribution in [0.5, 0.6) is 0 Å². The summed E-state index contributed by atoms with van der Waals surface area (Å²) in [5, 5.41) is 0.153. The van der Waals surface area contributed by atoms with E-state index in [1.165, 1.54) is 6.07 Å². The van der Waals surface area contributed by atoms with E-state index in [1.54, 1.807) is 18.2 Å². The minimum absolute atomic E-state index is 0.00762. The molecule has 0 saturated heterocycles. The molecule has 1 N–H and O–H groups in total. The Bertz CT molecular complexity index is 1110. The van der Waals surface area contributed by atoms with Gasteiger partial charge in [-0.25, -0.2) is 8.42 Å². The molecule has 6 rings (SSSR count). The van der Waals surface area contributed by atoms with Crippen molar-refractivity contribution in [1.82, 2.24) is 9.62 Å². The first-order valence-electron chi connectivity index (χ1n) is 13.2. The number of sulfonamides is 1. The third-order valence-electron chi connectivity index (χ3n) is 9.42. The normalized spacial score (nSPS) is 32.8. The molecule has 192 valence electrons. The number of carbonyl (C=O) groups excluding carboxylic acids is 2. The van der Waals surface area contributed by atoms with Crippen LogP contribution in [-0.2, 0) is 19.6 Å². The standard InChI is InChI=1S/C27H37ClN2O4S/c1-3-30(4-2)24(32)26-15-19-12-20(16-26)14-25(13-19,18-26)17-23(31)27(10-7-11-27)29-35(33,34)22-9-6-5-8-21(22)28/h5-6,8-9,19-20,29H,3-4,7,10-18H2,1-2H3. The van der Waals surface area contributed by atoms with Crippen LogP contribution in [0.1, 0.15) is 78.1 Å². The number of rotatable bonds is 9. The highest BCUT2D eigenvalue weighted by atomic mass is 35.5. The third kappa shape index (κ3) is 4.25. The van der Waals surface area contributed by atoms with Gasteiger partial charge in [0, 0.05) is 19.5 Å². The van der Waals surface area contributed by atoms with Gasteiger partial charge in [-0.1, -0.05) is 23.7 Å².